The summed E-state index contributed by atoms with van der Waals surface area (Å²) in [6, 6.07) is 10.2. The molecule has 0 spiro atoms. The average molecular weight is 351 g/mol. The summed E-state index contributed by atoms with van der Waals surface area (Å²) in [6.45, 7) is 8.55. The van der Waals surface area contributed by atoms with Gasteiger partial charge in [-0.2, -0.15) is 0 Å². The smallest absolute Gasteiger partial charge is 0.163 e. The van der Waals surface area contributed by atoms with Crippen LogP contribution < -0.4 is 15.2 Å². The van der Waals surface area contributed by atoms with Gasteiger partial charge in [0.15, 0.2) is 11.5 Å². The largest absolute Gasteiger partial charge is 0.486 e. The molecule has 0 aliphatic carbocycles. The number of aryl methyl sites for hydroxylation is 2. The maximum atomic E-state index is 6.15. The normalized spacial score (nSPS) is 13.5. The highest BCUT2D eigenvalue weighted by molar-refractivity contribution is 5.84. The molecule has 1 aromatic heterocycles. The first-order chi connectivity index (χ1) is 12.5. The summed E-state index contributed by atoms with van der Waals surface area (Å²) in [5.74, 6) is 3.12. The first-order valence-corrected chi connectivity index (χ1v) is 9.19. The third kappa shape index (κ3) is 2.98. The number of aromatic nitrogens is 2. The van der Waals surface area contributed by atoms with Crippen molar-refractivity contribution < 1.29 is 9.47 Å². The molecule has 0 saturated heterocycles. The number of hydrogen-bond donors (Lipinski definition) is 1. The first-order valence-electron chi connectivity index (χ1n) is 9.19. The Hall–Kier alpha value is -2.69. The molecule has 0 amide bonds. The number of nitrogens with zero attached hydrogens (tertiary/aromatic N) is 2. The lowest BCUT2D eigenvalue weighted by Gasteiger charge is -2.18. The lowest BCUT2D eigenvalue weighted by Crippen LogP contribution is -2.15. The molecular formula is C21H25N3O2. The van der Waals surface area contributed by atoms with E-state index in [4.69, 9.17) is 20.2 Å². The van der Waals surface area contributed by atoms with Gasteiger partial charge in [-0.05, 0) is 30.9 Å². The Morgan fingerprint density at radius 3 is 2.54 bits per heavy atom. The van der Waals surface area contributed by atoms with Crippen LogP contribution in [-0.4, -0.2) is 22.8 Å². The van der Waals surface area contributed by atoms with Gasteiger partial charge in [0.2, 0.25) is 0 Å². The molecular weight excluding hydrogens is 326 g/mol. The Morgan fingerprint density at radius 1 is 1.12 bits per heavy atom. The van der Waals surface area contributed by atoms with Crippen LogP contribution in [0.25, 0.3) is 22.4 Å². The van der Waals surface area contributed by atoms with Crippen LogP contribution in [0.15, 0.2) is 30.3 Å². The van der Waals surface area contributed by atoms with Crippen LogP contribution >= 0.6 is 0 Å². The number of benzene rings is 2. The summed E-state index contributed by atoms with van der Waals surface area (Å²) in [7, 11) is 0. The number of rotatable bonds is 4. The highest BCUT2D eigenvalue weighted by Crippen LogP contribution is 2.37. The second-order valence-electron chi connectivity index (χ2n) is 7.33. The number of hydrogen-bond acceptors (Lipinski definition) is 4. The lowest BCUT2D eigenvalue weighted by molar-refractivity contribution is 0.172. The summed E-state index contributed by atoms with van der Waals surface area (Å²) in [6.07, 6.45) is 1.08. The quantitative estimate of drug-likeness (QED) is 0.707. The number of nitrogen functional groups attached to an aromatic ring is 1. The molecule has 1 aliphatic rings. The molecule has 0 unspecified atom stereocenters. The molecule has 0 fully saturated rings. The fourth-order valence-corrected chi connectivity index (χ4v) is 3.28. The van der Waals surface area contributed by atoms with Crippen LogP contribution in [0.5, 0.6) is 11.5 Å². The summed E-state index contributed by atoms with van der Waals surface area (Å²) >= 11 is 0. The minimum atomic E-state index is 0.577. The van der Waals surface area contributed by atoms with Gasteiger partial charge in [0, 0.05) is 29.9 Å². The van der Waals surface area contributed by atoms with Gasteiger partial charge in [-0.1, -0.05) is 26.0 Å². The van der Waals surface area contributed by atoms with Crippen LogP contribution in [-0.2, 0) is 6.54 Å². The molecule has 5 nitrogen and oxygen atoms in total. The van der Waals surface area contributed by atoms with Gasteiger partial charge in [0.05, 0.1) is 11.0 Å². The van der Waals surface area contributed by atoms with Crippen LogP contribution in [0.3, 0.4) is 0 Å². The Labute approximate surface area is 153 Å². The predicted octanol–water partition coefficient (Wildman–Crippen LogP) is 4.41. The van der Waals surface area contributed by atoms with Gasteiger partial charge < -0.3 is 19.8 Å². The van der Waals surface area contributed by atoms with Crippen molar-refractivity contribution in [1.29, 1.82) is 0 Å². The van der Waals surface area contributed by atoms with Crippen LogP contribution in [0.1, 0.15) is 25.8 Å². The van der Waals surface area contributed by atoms with Crippen molar-refractivity contribution in [1.82, 2.24) is 9.55 Å². The number of nitrogens with two attached hydrogens (primary N) is 1. The molecule has 2 aromatic carbocycles. The van der Waals surface area contributed by atoms with Gasteiger partial charge in [0.1, 0.15) is 19.0 Å². The van der Waals surface area contributed by atoms with E-state index in [9.17, 15) is 0 Å². The van der Waals surface area contributed by atoms with E-state index in [0.29, 0.717) is 19.1 Å². The maximum Gasteiger partial charge on any atom is 0.163 e. The predicted molar refractivity (Wildman–Crippen MR) is 105 cm³/mol. The van der Waals surface area contributed by atoms with Crippen molar-refractivity contribution in [3.05, 3.63) is 35.9 Å². The van der Waals surface area contributed by atoms with Gasteiger partial charge in [-0.15, -0.1) is 0 Å². The summed E-state index contributed by atoms with van der Waals surface area (Å²) < 4.78 is 13.8. The molecule has 0 saturated carbocycles. The molecule has 4 rings (SSSR count). The Bertz CT molecular complexity index is 960. The first kappa shape index (κ1) is 16.8. The van der Waals surface area contributed by atoms with E-state index in [2.05, 4.69) is 30.5 Å². The summed E-state index contributed by atoms with van der Waals surface area (Å²) in [4.78, 5) is 4.91. The van der Waals surface area contributed by atoms with Gasteiger partial charge in [-0.25, -0.2) is 4.98 Å². The molecule has 1 aliphatic heterocycles. The third-order valence-corrected chi connectivity index (χ3v) is 4.88. The highest BCUT2D eigenvalue weighted by Gasteiger charge is 2.19. The summed E-state index contributed by atoms with van der Waals surface area (Å²) in [5, 5.41) is 0. The zero-order valence-electron chi connectivity index (χ0n) is 15.6. The second-order valence-corrected chi connectivity index (χ2v) is 7.33. The van der Waals surface area contributed by atoms with Crippen LogP contribution in [0.2, 0.25) is 0 Å². The van der Waals surface area contributed by atoms with Gasteiger partial charge >= 0.3 is 0 Å². The van der Waals surface area contributed by atoms with E-state index in [1.54, 1.807) is 0 Å². The van der Waals surface area contributed by atoms with Crippen LogP contribution in [0, 0.1) is 12.8 Å². The van der Waals surface area contributed by atoms with E-state index in [1.165, 1.54) is 0 Å². The molecule has 136 valence electrons. The van der Waals surface area contributed by atoms with Gasteiger partial charge in [-0.3, -0.25) is 0 Å². The zero-order chi connectivity index (χ0) is 18.3. The Balaban J connectivity index is 1.89. The van der Waals surface area contributed by atoms with Gasteiger partial charge in [0.25, 0.3) is 0 Å². The minimum Gasteiger partial charge on any atom is -0.486 e. The number of ether oxygens (including phenoxy) is 2. The number of fused-ring (bicyclic) bond motifs is 2. The SMILES string of the molecule is Cc1ccc(-c2nc3cc4c(cc3n2CCC(C)C)OCCO4)cc1N. The van der Waals surface area contributed by atoms with E-state index in [1.807, 2.05) is 25.1 Å². The van der Waals surface area contributed by atoms with Crippen LogP contribution in [0.4, 0.5) is 5.69 Å². The molecule has 0 radical (unpaired) electrons. The monoisotopic (exact) mass is 351 g/mol. The minimum absolute atomic E-state index is 0.577. The van der Waals surface area contributed by atoms with E-state index in [0.717, 1.165) is 58.1 Å². The number of imidazole rings is 1. The van der Waals surface area contributed by atoms with Crippen molar-refractivity contribution >= 4 is 16.7 Å². The maximum absolute atomic E-state index is 6.15. The van der Waals surface area contributed by atoms with Crippen molar-refractivity contribution in [2.24, 2.45) is 5.92 Å². The molecule has 26 heavy (non-hydrogen) atoms. The fraction of sp³-hybridized carbons (Fsp3) is 0.381. The highest BCUT2D eigenvalue weighted by atomic mass is 16.6. The van der Waals surface area contributed by atoms with E-state index < -0.39 is 0 Å². The molecule has 2 heterocycles. The molecule has 3 aromatic rings. The van der Waals surface area contributed by atoms with Crippen molar-refractivity contribution in [3.63, 3.8) is 0 Å². The van der Waals surface area contributed by atoms with Crippen molar-refractivity contribution in [2.75, 3.05) is 18.9 Å². The van der Waals surface area contributed by atoms with E-state index >= 15 is 0 Å². The fourth-order valence-electron chi connectivity index (χ4n) is 3.28. The third-order valence-electron chi connectivity index (χ3n) is 4.88. The van der Waals surface area contributed by atoms with Crippen molar-refractivity contribution in [3.8, 4) is 22.9 Å². The van der Waals surface area contributed by atoms with Crippen molar-refractivity contribution in [2.45, 2.75) is 33.7 Å². The number of anilines is 1. The molecule has 0 bridgehead atoms. The lowest BCUT2D eigenvalue weighted by atomic mass is 10.1. The van der Waals surface area contributed by atoms with E-state index in [-0.39, 0.29) is 0 Å². The Kier molecular flexibility index (Phi) is 4.23. The molecule has 0 atom stereocenters. The Morgan fingerprint density at radius 2 is 1.85 bits per heavy atom. The molecule has 2 N–H and O–H groups in total. The standard InChI is InChI=1S/C21H25N3O2/c1-13(2)6-7-24-18-12-20-19(25-8-9-26-20)11-17(18)23-21(24)15-5-4-14(3)16(22)10-15/h4-5,10-13H,6-9,22H2,1-3H3. The topological polar surface area (TPSA) is 62.3 Å². The summed E-state index contributed by atoms with van der Waals surface area (Å²) in [5.41, 5.74) is 11.0. The molecule has 5 heteroatoms. The average Bonchev–Trinajstić information content (AvgIpc) is 2.97. The second kappa shape index (κ2) is 6.56. The zero-order valence-corrected chi connectivity index (χ0v) is 15.6.